The number of para-hydroxylation sites is 1. The summed E-state index contributed by atoms with van der Waals surface area (Å²) in [6, 6.07) is 17.9. The van der Waals surface area contributed by atoms with E-state index in [-0.39, 0.29) is 0 Å². The second-order valence-corrected chi connectivity index (χ2v) is 5.22. The maximum atomic E-state index is 11.5. The van der Waals surface area contributed by atoms with Crippen LogP contribution in [-0.4, -0.2) is 15.9 Å². The van der Waals surface area contributed by atoms with Crippen LogP contribution in [0.4, 0.5) is 0 Å². The van der Waals surface area contributed by atoms with Gasteiger partial charge in [0.05, 0.1) is 16.8 Å². The number of rotatable bonds is 2. The van der Waals surface area contributed by atoms with Crippen LogP contribution < -0.4 is 5.73 Å². The van der Waals surface area contributed by atoms with Gasteiger partial charge in [-0.15, -0.1) is 0 Å². The molecule has 2 aromatic heterocycles. The SMILES string of the molecule is NC(=O)c1c[nH]c2ccc(-c3ccc4ccccc4n3)cc12. The molecule has 0 aliphatic heterocycles. The number of benzene rings is 2. The standard InChI is InChI=1S/C18H13N3O/c19-18(22)14-10-20-17-8-6-12(9-13(14)17)16-7-5-11-3-1-2-4-15(11)21-16/h1-10,20H,(H2,19,22). The van der Waals surface area contributed by atoms with Crippen molar-refractivity contribution >= 4 is 27.7 Å². The molecule has 0 unspecified atom stereocenters. The van der Waals surface area contributed by atoms with E-state index in [1.807, 2.05) is 54.6 Å². The van der Waals surface area contributed by atoms with Gasteiger partial charge in [0, 0.05) is 28.0 Å². The van der Waals surface area contributed by atoms with Gasteiger partial charge in [-0.2, -0.15) is 0 Å². The summed E-state index contributed by atoms with van der Waals surface area (Å²) >= 11 is 0. The van der Waals surface area contributed by atoms with Crippen LogP contribution in [0.2, 0.25) is 0 Å². The number of aromatic nitrogens is 2. The topological polar surface area (TPSA) is 71.8 Å². The molecule has 3 N–H and O–H groups in total. The highest BCUT2D eigenvalue weighted by Crippen LogP contribution is 2.26. The Bertz CT molecular complexity index is 1020. The summed E-state index contributed by atoms with van der Waals surface area (Å²) in [5, 5.41) is 1.92. The number of nitrogens with zero attached hydrogens (tertiary/aromatic N) is 1. The van der Waals surface area contributed by atoms with Crippen molar-refractivity contribution in [2.24, 2.45) is 5.73 Å². The number of nitrogens with one attached hydrogen (secondary N) is 1. The van der Waals surface area contributed by atoms with Crippen LogP contribution >= 0.6 is 0 Å². The molecule has 22 heavy (non-hydrogen) atoms. The van der Waals surface area contributed by atoms with Crippen LogP contribution in [-0.2, 0) is 0 Å². The van der Waals surface area contributed by atoms with Crippen LogP contribution in [0.15, 0.2) is 60.8 Å². The summed E-state index contributed by atoms with van der Waals surface area (Å²) in [7, 11) is 0. The number of pyridine rings is 1. The van der Waals surface area contributed by atoms with Crippen LogP contribution in [0.3, 0.4) is 0 Å². The predicted molar refractivity (Wildman–Crippen MR) is 87.6 cm³/mol. The van der Waals surface area contributed by atoms with E-state index in [1.54, 1.807) is 6.20 Å². The Morgan fingerprint density at radius 1 is 1.05 bits per heavy atom. The van der Waals surface area contributed by atoms with Crippen molar-refractivity contribution in [3.05, 3.63) is 66.4 Å². The largest absolute Gasteiger partial charge is 0.366 e. The number of primary amides is 1. The van der Waals surface area contributed by atoms with Crippen molar-refractivity contribution in [3.8, 4) is 11.3 Å². The molecule has 0 atom stereocenters. The molecule has 0 bridgehead atoms. The van der Waals surface area contributed by atoms with E-state index in [1.165, 1.54) is 0 Å². The smallest absolute Gasteiger partial charge is 0.250 e. The first-order chi connectivity index (χ1) is 10.7. The highest BCUT2D eigenvalue weighted by molar-refractivity contribution is 6.06. The molecule has 0 spiro atoms. The van der Waals surface area contributed by atoms with E-state index >= 15 is 0 Å². The zero-order valence-corrected chi connectivity index (χ0v) is 11.7. The molecule has 0 saturated heterocycles. The fourth-order valence-corrected chi connectivity index (χ4v) is 2.71. The van der Waals surface area contributed by atoms with Gasteiger partial charge in [0.15, 0.2) is 0 Å². The van der Waals surface area contributed by atoms with Gasteiger partial charge in [-0.25, -0.2) is 4.98 Å². The summed E-state index contributed by atoms with van der Waals surface area (Å²) in [6.07, 6.45) is 1.64. The predicted octanol–water partition coefficient (Wildman–Crippen LogP) is 3.48. The zero-order valence-electron chi connectivity index (χ0n) is 11.7. The molecule has 0 radical (unpaired) electrons. The summed E-state index contributed by atoms with van der Waals surface area (Å²) in [5.41, 5.74) is 9.58. The molecule has 0 fully saturated rings. The lowest BCUT2D eigenvalue weighted by molar-refractivity contribution is 0.100. The Morgan fingerprint density at radius 2 is 1.91 bits per heavy atom. The molecule has 4 nitrogen and oxygen atoms in total. The number of fused-ring (bicyclic) bond motifs is 2. The Labute approximate surface area is 126 Å². The molecule has 1 amide bonds. The highest BCUT2D eigenvalue weighted by atomic mass is 16.1. The van der Waals surface area contributed by atoms with Gasteiger partial charge < -0.3 is 10.7 Å². The number of carbonyl (C=O) groups is 1. The molecule has 0 aliphatic rings. The minimum absolute atomic E-state index is 0.435. The second-order valence-electron chi connectivity index (χ2n) is 5.22. The van der Waals surface area contributed by atoms with Crippen LogP contribution in [0.25, 0.3) is 33.1 Å². The number of aromatic amines is 1. The molecule has 0 aliphatic carbocycles. The monoisotopic (exact) mass is 287 g/mol. The lowest BCUT2D eigenvalue weighted by atomic mass is 10.1. The minimum Gasteiger partial charge on any atom is -0.366 e. The molecule has 4 rings (SSSR count). The first-order valence-corrected chi connectivity index (χ1v) is 6.99. The van der Waals surface area contributed by atoms with Crippen LogP contribution in [0, 0.1) is 0 Å². The first-order valence-electron chi connectivity index (χ1n) is 6.99. The van der Waals surface area contributed by atoms with Gasteiger partial charge in [-0.3, -0.25) is 4.79 Å². The van der Waals surface area contributed by atoms with Crippen molar-refractivity contribution in [3.63, 3.8) is 0 Å². The van der Waals surface area contributed by atoms with E-state index in [9.17, 15) is 4.79 Å². The molecule has 4 heteroatoms. The summed E-state index contributed by atoms with van der Waals surface area (Å²) in [5.74, 6) is -0.435. The number of hydrogen-bond acceptors (Lipinski definition) is 2. The maximum Gasteiger partial charge on any atom is 0.250 e. The lowest BCUT2D eigenvalue weighted by Gasteiger charge is -2.04. The number of hydrogen-bond donors (Lipinski definition) is 2. The van der Waals surface area contributed by atoms with Crippen LogP contribution in [0.5, 0.6) is 0 Å². The molecule has 2 aromatic carbocycles. The average Bonchev–Trinajstić information content (AvgIpc) is 2.97. The van der Waals surface area contributed by atoms with Gasteiger partial charge in [-0.05, 0) is 24.3 Å². The molecule has 0 saturated carbocycles. The van der Waals surface area contributed by atoms with Crippen LogP contribution in [0.1, 0.15) is 10.4 Å². The van der Waals surface area contributed by atoms with Crippen molar-refractivity contribution in [1.82, 2.24) is 9.97 Å². The molecular weight excluding hydrogens is 274 g/mol. The van der Waals surface area contributed by atoms with Gasteiger partial charge in [0.25, 0.3) is 5.91 Å². The molecule has 4 aromatic rings. The van der Waals surface area contributed by atoms with Gasteiger partial charge >= 0.3 is 0 Å². The van der Waals surface area contributed by atoms with Gasteiger partial charge in [-0.1, -0.05) is 30.3 Å². The number of carbonyl (C=O) groups excluding carboxylic acids is 1. The second kappa shape index (κ2) is 4.70. The Morgan fingerprint density at radius 3 is 2.77 bits per heavy atom. The summed E-state index contributed by atoms with van der Waals surface area (Å²) in [6.45, 7) is 0. The van der Waals surface area contributed by atoms with Crippen molar-refractivity contribution in [1.29, 1.82) is 0 Å². The lowest BCUT2D eigenvalue weighted by Crippen LogP contribution is -2.09. The number of amides is 1. The third kappa shape index (κ3) is 1.93. The number of nitrogens with two attached hydrogens (primary N) is 1. The minimum atomic E-state index is -0.435. The van der Waals surface area contributed by atoms with Crippen molar-refractivity contribution in [2.75, 3.05) is 0 Å². The normalized spacial score (nSPS) is 11.1. The quantitative estimate of drug-likeness (QED) is 0.592. The summed E-state index contributed by atoms with van der Waals surface area (Å²) in [4.78, 5) is 19.2. The Balaban J connectivity index is 1.91. The average molecular weight is 287 g/mol. The van der Waals surface area contributed by atoms with Crippen molar-refractivity contribution in [2.45, 2.75) is 0 Å². The molecular formula is C18H13N3O. The van der Waals surface area contributed by atoms with E-state index in [0.717, 1.165) is 33.1 Å². The molecule has 106 valence electrons. The zero-order chi connectivity index (χ0) is 15.1. The Kier molecular flexibility index (Phi) is 2.69. The van der Waals surface area contributed by atoms with E-state index < -0.39 is 5.91 Å². The third-order valence-corrected chi connectivity index (χ3v) is 3.84. The summed E-state index contributed by atoms with van der Waals surface area (Å²) < 4.78 is 0. The van der Waals surface area contributed by atoms with E-state index in [0.29, 0.717) is 5.56 Å². The fourth-order valence-electron chi connectivity index (χ4n) is 2.71. The highest BCUT2D eigenvalue weighted by Gasteiger charge is 2.10. The molecule has 2 heterocycles. The van der Waals surface area contributed by atoms with Crippen molar-refractivity contribution < 1.29 is 4.79 Å². The van der Waals surface area contributed by atoms with E-state index in [2.05, 4.69) is 9.97 Å². The first kappa shape index (κ1) is 12.6. The third-order valence-electron chi connectivity index (χ3n) is 3.84. The number of H-pyrrole nitrogens is 1. The Hall–Kier alpha value is -3.14. The van der Waals surface area contributed by atoms with E-state index in [4.69, 9.17) is 5.73 Å². The van der Waals surface area contributed by atoms with Gasteiger partial charge in [0.2, 0.25) is 0 Å². The van der Waals surface area contributed by atoms with Gasteiger partial charge in [0.1, 0.15) is 0 Å². The fraction of sp³-hybridized carbons (Fsp3) is 0. The maximum absolute atomic E-state index is 11.5.